The van der Waals surface area contributed by atoms with E-state index in [-0.39, 0.29) is 5.82 Å². The Morgan fingerprint density at radius 1 is 1.15 bits per heavy atom. The van der Waals surface area contributed by atoms with Crippen molar-refractivity contribution in [2.24, 2.45) is 0 Å². The zero-order chi connectivity index (χ0) is 14.1. The van der Waals surface area contributed by atoms with Gasteiger partial charge in [0.2, 0.25) is 0 Å². The van der Waals surface area contributed by atoms with Gasteiger partial charge in [-0.1, -0.05) is 18.2 Å². The highest BCUT2D eigenvalue weighted by Gasteiger charge is 2.07. The molecule has 0 unspecified atom stereocenters. The molecule has 0 radical (unpaired) electrons. The van der Waals surface area contributed by atoms with Crippen molar-refractivity contribution < 1.29 is 4.39 Å². The molecule has 3 rings (SSSR count). The van der Waals surface area contributed by atoms with Crippen LogP contribution in [0.15, 0.2) is 48.5 Å². The van der Waals surface area contributed by atoms with E-state index >= 15 is 0 Å². The van der Waals surface area contributed by atoms with E-state index in [0.717, 1.165) is 16.8 Å². The fourth-order valence-corrected chi connectivity index (χ4v) is 2.55. The molecule has 20 heavy (non-hydrogen) atoms. The van der Waals surface area contributed by atoms with Gasteiger partial charge in [0.05, 0.1) is 11.6 Å². The van der Waals surface area contributed by atoms with Crippen LogP contribution >= 0.6 is 0 Å². The molecule has 2 aromatic carbocycles. The first-order chi connectivity index (χ1) is 9.67. The van der Waals surface area contributed by atoms with Crippen LogP contribution in [0.2, 0.25) is 0 Å². The third-order valence-electron chi connectivity index (χ3n) is 3.45. The smallest absolute Gasteiger partial charge is 0.124 e. The second-order valence-corrected chi connectivity index (χ2v) is 4.89. The molecule has 0 N–H and O–H groups in total. The van der Waals surface area contributed by atoms with Crippen molar-refractivity contribution in [3.63, 3.8) is 0 Å². The summed E-state index contributed by atoms with van der Waals surface area (Å²) >= 11 is 0. The molecule has 0 saturated carbocycles. The van der Waals surface area contributed by atoms with Crippen molar-refractivity contribution >= 4 is 10.9 Å². The number of aryl methyl sites for hydroxylation is 1. The third-order valence-corrected chi connectivity index (χ3v) is 3.45. The first kappa shape index (κ1) is 12.4. The van der Waals surface area contributed by atoms with Crippen LogP contribution in [0.1, 0.15) is 16.8 Å². The molecule has 98 valence electrons. The minimum Gasteiger partial charge on any atom is -0.340 e. The monoisotopic (exact) mass is 264 g/mol. The number of hydrogen-bond acceptors (Lipinski definition) is 1. The largest absolute Gasteiger partial charge is 0.340 e. The lowest BCUT2D eigenvalue weighted by atomic mass is 10.1. The van der Waals surface area contributed by atoms with E-state index in [1.54, 1.807) is 6.07 Å². The Morgan fingerprint density at radius 2 is 1.95 bits per heavy atom. The summed E-state index contributed by atoms with van der Waals surface area (Å²) in [7, 11) is 0. The van der Waals surface area contributed by atoms with Crippen LogP contribution in [-0.4, -0.2) is 4.57 Å². The maximum atomic E-state index is 13.5. The Balaban J connectivity index is 2.08. The normalized spacial score (nSPS) is 10.7. The van der Waals surface area contributed by atoms with Crippen molar-refractivity contribution in [2.45, 2.75) is 13.5 Å². The van der Waals surface area contributed by atoms with E-state index < -0.39 is 0 Å². The van der Waals surface area contributed by atoms with Crippen LogP contribution < -0.4 is 0 Å². The minimum atomic E-state index is -0.367. The molecular weight excluding hydrogens is 251 g/mol. The molecule has 0 aliphatic heterocycles. The number of para-hydroxylation sites is 1. The SMILES string of the molecule is Cc1cc2ccccc2n1Cc1cc(F)cc(C#N)c1. The minimum absolute atomic E-state index is 0.356. The number of fused-ring (bicyclic) bond motifs is 1. The lowest BCUT2D eigenvalue weighted by Gasteiger charge is -2.09. The molecular formula is C17H13FN2. The predicted molar refractivity (Wildman–Crippen MR) is 76.9 cm³/mol. The first-order valence-electron chi connectivity index (χ1n) is 6.42. The van der Waals surface area contributed by atoms with E-state index in [2.05, 4.69) is 16.7 Å². The maximum absolute atomic E-state index is 13.5. The second-order valence-electron chi connectivity index (χ2n) is 4.89. The molecule has 0 aliphatic carbocycles. The molecule has 0 bridgehead atoms. The van der Waals surface area contributed by atoms with Gasteiger partial charge < -0.3 is 4.57 Å². The molecule has 0 atom stereocenters. The van der Waals surface area contributed by atoms with E-state index in [0.29, 0.717) is 12.1 Å². The molecule has 3 aromatic rings. The van der Waals surface area contributed by atoms with Gasteiger partial charge in [0.15, 0.2) is 0 Å². The summed E-state index contributed by atoms with van der Waals surface area (Å²) in [6, 6.07) is 16.7. The fourth-order valence-electron chi connectivity index (χ4n) is 2.55. The van der Waals surface area contributed by atoms with Gasteiger partial charge in [-0.3, -0.25) is 0 Å². The zero-order valence-electron chi connectivity index (χ0n) is 11.1. The molecule has 0 amide bonds. The van der Waals surface area contributed by atoms with Gasteiger partial charge in [-0.05, 0) is 48.2 Å². The van der Waals surface area contributed by atoms with Gasteiger partial charge in [0, 0.05) is 17.8 Å². The fraction of sp³-hybridized carbons (Fsp3) is 0.118. The third kappa shape index (κ3) is 2.17. The van der Waals surface area contributed by atoms with Crippen LogP contribution in [0.4, 0.5) is 4.39 Å². The van der Waals surface area contributed by atoms with Crippen molar-refractivity contribution in [1.82, 2.24) is 4.57 Å². The zero-order valence-corrected chi connectivity index (χ0v) is 11.1. The lowest BCUT2D eigenvalue weighted by Crippen LogP contribution is -2.02. The van der Waals surface area contributed by atoms with Crippen LogP contribution in [0.5, 0.6) is 0 Å². The summed E-state index contributed by atoms with van der Waals surface area (Å²) in [5, 5.41) is 10.1. The van der Waals surface area contributed by atoms with Crippen molar-refractivity contribution in [1.29, 1.82) is 5.26 Å². The van der Waals surface area contributed by atoms with Crippen molar-refractivity contribution in [3.8, 4) is 6.07 Å². The summed E-state index contributed by atoms with van der Waals surface area (Å²) < 4.78 is 15.6. The molecule has 1 heterocycles. The highest BCUT2D eigenvalue weighted by atomic mass is 19.1. The van der Waals surface area contributed by atoms with Crippen LogP contribution in [0.3, 0.4) is 0 Å². The van der Waals surface area contributed by atoms with Crippen LogP contribution in [0, 0.1) is 24.1 Å². The molecule has 0 fully saturated rings. The maximum Gasteiger partial charge on any atom is 0.124 e. The summed E-state index contributed by atoms with van der Waals surface area (Å²) in [4.78, 5) is 0. The highest BCUT2D eigenvalue weighted by molar-refractivity contribution is 5.81. The van der Waals surface area contributed by atoms with Gasteiger partial charge >= 0.3 is 0 Å². The molecule has 1 aromatic heterocycles. The second kappa shape index (κ2) is 4.82. The van der Waals surface area contributed by atoms with E-state index in [1.165, 1.54) is 17.5 Å². The van der Waals surface area contributed by atoms with Gasteiger partial charge in [0.1, 0.15) is 5.82 Å². The summed E-state index contributed by atoms with van der Waals surface area (Å²) in [6.45, 7) is 2.59. The molecule has 0 saturated heterocycles. The number of nitriles is 1. The van der Waals surface area contributed by atoms with Gasteiger partial charge in [-0.25, -0.2) is 4.39 Å². The van der Waals surface area contributed by atoms with Gasteiger partial charge in [-0.2, -0.15) is 5.26 Å². The van der Waals surface area contributed by atoms with Gasteiger partial charge in [-0.15, -0.1) is 0 Å². The summed E-state index contributed by atoms with van der Waals surface area (Å²) in [6.07, 6.45) is 0. The molecule has 3 heteroatoms. The lowest BCUT2D eigenvalue weighted by molar-refractivity contribution is 0.623. The Labute approximate surface area is 116 Å². The Kier molecular flexibility index (Phi) is 3.00. The number of rotatable bonds is 2. The summed E-state index contributed by atoms with van der Waals surface area (Å²) in [5.41, 5.74) is 3.39. The van der Waals surface area contributed by atoms with Crippen molar-refractivity contribution in [2.75, 3.05) is 0 Å². The Hall–Kier alpha value is -2.60. The molecule has 2 nitrogen and oxygen atoms in total. The number of halogens is 1. The molecule has 0 spiro atoms. The standard InChI is InChI=1S/C17H13FN2/c1-12-6-15-4-2-3-5-17(15)20(12)11-14-7-13(10-19)8-16(18)9-14/h2-9H,11H2,1H3. The van der Waals surface area contributed by atoms with E-state index in [4.69, 9.17) is 5.26 Å². The average Bonchev–Trinajstić information content (AvgIpc) is 2.75. The van der Waals surface area contributed by atoms with E-state index in [9.17, 15) is 4.39 Å². The number of nitrogens with zero attached hydrogens (tertiary/aromatic N) is 2. The van der Waals surface area contributed by atoms with Gasteiger partial charge in [0.25, 0.3) is 0 Å². The number of aromatic nitrogens is 1. The van der Waals surface area contributed by atoms with Crippen LogP contribution in [0.25, 0.3) is 10.9 Å². The van der Waals surface area contributed by atoms with Crippen LogP contribution in [-0.2, 0) is 6.54 Å². The van der Waals surface area contributed by atoms with Crippen molar-refractivity contribution in [3.05, 3.63) is 71.2 Å². The summed E-state index contributed by atoms with van der Waals surface area (Å²) in [5.74, 6) is -0.367. The Morgan fingerprint density at radius 3 is 2.75 bits per heavy atom. The average molecular weight is 264 g/mol. The topological polar surface area (TPSA) is 28.7 Å². The quantitative estimate of drug-likeness (QED) is 0.687. The predicted octanol–water partition coefficient (Wildman–Crippen LogP) is 4.01. The molecule has 0 aliphatic rings. The number of hydrogen-bond donors (Lipinski definition) is 0. The Bertz CT molecular complexity index is 825. The number of benzene rings is 2. The van der Waals surface area contributed by atoms with E-state index in [1.807, 2.05) is 31.2 Å². The highest BCUT2D eigenvalue weighted by Crippen LogP contribution is 2.21. The first-order valence-corrected chi connectivity index (χ1v) is 6.42.